The Labute approximate surface area is 443 Å². The molecule has 76 heavy (non-hydrogen) atoms. The third-order valence-corrected chi connectivity index (χ3v) is 16.8. The first-order chi connectivity index (χ1) is 37.0. The van der Waals surface area contributed by atoms with Crippen LogP contribution in [-0.4, -0.2) is 160 Å². The number of likely N-dealkylation sites (tertiary alicyclic amines) is 3. The molecule has 17 heteroatoms. The minimum atomic E-state index is -0.593. The summed E-state index contributed by atoms with van der Waals surface area (Å²) in [6.45, 7) is 7.04. The molecule has 11 rings (SSSR count). The van der Waals surface area contributed by atoms with E-state index in [4.69, 9.17) is 4.74 Å². The number of aromatic nitrogens is 3. The van der Waals surface area contributed by atoms with Gasteiger partial charge < -0.3 is 34.6 Å². The summed E-state index contributed by atoms with van der Waals surface area (Å²) in [5.41, 5.74) is 2.17. The Morgan fingerprint density at radius 3 is 2.11 bits per heavy atom. The molecule has 2 saturated carbocycles. The van der Waals surface area contributed by atoms with E-state index in [0.717, 1.165) is 94.1 Å². The molecule has 4 amide bonds. The van der Waals surface area contributed by atoms with Crippen LogP contribution in [0, 0.1) is 11.7 Å². The molecule has 0 spiro atoms. The van der Waals surface area contributed by atoms with Gasteiger partial charge in [-0.2, -0.15) is 5.10 Å². The quantitative estimate of drug-likeness (QED) is 0.120. The number of amides is 4. The molecule has 5 aromatic rings. The van der Waals surface area contributed by atoms with Gasteiger partial charge in [-0.15, -0.1) is 0 Å². The molecule has 6 heterocycles. The molecular formula is C59H74FN9O7. The van der Waals surface area contributed by atoms with Gasteiger partial charge >= 0.3 is 0 Å². The van der Waals surface area contributed by atoms with Crippen molar-refractivity contribution < 1.29 is 28.3 Å². The van der Waals surface area contributed by atoms with Gasteiger partial charge in [-0.1, -0.05) is 55.7 Å². The van der Waals surface area contributed by atoms with Gasteiger partial charge in [-0.05, 0) is 117 Å². The molecule has 2 aromatic heterocycles. The summed E-state index contributed by atoms with van der Waals surface area (Å²) in [5.74, 6) is 0.461. The van der Waals surface area contributed by atoms with Gasteiger partial charge in [0.1, 0.15) is 5.82 Å². The van der Waals surface area contributed by atoms with E-state index in [1.54, 1.807) is 40.3 Å². The van der Waals surface area contributed by atoms with Crippen molar-refractivity contribution in [3.05, 3.63) is 122 Å². The summed E-state index contributed by atoms with van der Waals surface area (Å²) in [5, 5.41) is 13.0. The van der Waals surface area contributed by atoms with Crippen LogP contribution in [0.15, 0.2) is 82.5 Å². The van der Waals surface area contributed by atoms with E-state index in [9.17, 15) is 33.2 Å². The molecule has 2 aliphatic carbocycles. The smallest absolute Gasteiger partial charge is 0.272 e. The van der Waals surface area contributed by atoms with Crippen molar-refractivity contribution in [2.24, 2.45) is 5.92 Å². The average Bonchev–Trinajstić information content (AvgIpc) is 4.30. The number of piperazine rings is 1. The monoisotopic (exact) mass is 1040 g/mol. The van der Waals surface area contributed by atoms with Crippen molar-refractivity contribution in [1.29, 1.82) is 0 Å². The number of nitrogens with zero attached hydrogens (tertiary/aromatic N) is 6. The highest BCUT2D eigenvalue weighted by atomic mass is 19.1. The Morgan fingerprint density at radius 2 is 1.36 bits per heavy atom. The highest BCUT2D eigenvalue weighted by Crippen LogP contribution is 2.31. The number of nitrogens with one attached hydrogen (secondary N) is 3. The fraction of sp³-hybridized carbons (Fsp3) is 0.542. The Hall–Kier alpha value is -6.30. The number of carbonyl (C=O) groups is 4. The maximum Gasteiger partial charge on any atom is 0.272 e. The predicted molar refractivity (Wildman–Crippen MR) is 290 cm³/mol. The zero-order valence-electron chi connectivity index (χ0n) is 43.8. The predicted octanol–water partition coefficient (Wildman–Crippen LogP) is 6.37. The minimum Gasteiger partial charge on any atom is -0.375 e. The second kappa shape index (κ2) is 24.8. The largest absolute Gasteiger partial charge is 0.375 e. The summed E-state index contributed by atoms with van der Waals surface area (Å²) in [4.78, 5) is 88.5. The molecule has 6 aliphatic rings. The molecule has 4 aliphatic heterocycles. The molecule has 3 N–H and O–H groups in total. The second-order valence-electron chi connectivity index (χ2n) is 22.1. The van der Waals surface area contributed by atoms with Crippen LogP contribution in [0.4, 0.5) is 4.39 Å². The molecule has 0 bridgehead atoms. The number of piperidine rings is 3. The normalized spacial score (nSPS) is 20.4. The van der Waals surface area contributed by atoms with Crippen LogP contribution in [0.3, 0.4) is 0 Å². The number of halogens is 1. The molecule has 1 atom stereocenters. The highest BCUT2D eigenvalue weighted by molar-refractivity contribution is 5.95. The number of ether oxygens (including phenoxy) is 1. The first-order valence-corrected chi connectivity index (χ1v) is 28.1. The van der Waals surface area contributed by atoms with E-state index in [2.05, 4.69) is 31.5 Å². The molecule has 4 saturated heterocycles. The molecule has 404 valence electrons. The lowest BCUT2D eigenvalue weighted by molar-refractivity contribution is -0.138. The van der Waals surface area contributed by atoms with Crippen LogP contribution in [0.2, 0.25) is 0 Å². The van der Waals surface area contributed by atoms with Gasteiger partial charge in [-0.3, -0.25) is 33.7 Å². The maximum absolute atomic E-state index is 15.0. The zero-order chi connectivity index (χ0) is 52.5. The van der Waals surface area contributed by atoms with Crippen molar-refractivity contribution in [3.8, 4) is 0 Å². The van der Waals surface area contributed by atoms with E-state index in [0.29, 0.717) is 97.9 Å². The maximum atomic E-state index is 15.0. The molecular weight excluding hydrogens is 966 g/mol. The summed E-state index contributed by atoms with van der Waals surface area (Å²) in [6, 6.07) is 20.3. The third kappa shape index (κ3) is 13.4. The van der Waals surface area contributed by atoms with Crippen molar-refractivity contribution in [1.82, 2.24) is 45.0 Å². The topological polar surface area (TPSA) is 184 Å². The number of fused-ring (bicyclic) bond motifs is 2. The Bertz CT molecular complexity index is 2970. The highest BCUT2D eigenvalue weighted by Gasteiger charge is 2.32. The molecule has 0 radical (unpaired) electrons. The van der Waals surface area contributed by atoms with E-state index in [-0.39, 0.29) is 40.7 Å². The lowest BCUT2D eigenvalue weighted by Gasteiger charge is -2.38. The van der Waals surface area contributed by atoms with Crippen LogP contribution in [-0.2, 0) is 25.5 Å². The zero-order valence-corrected chi connectivity index (χ0v) is 43.8. The van der Waals surface area contributed by atoms with Crippen LogP contribution >= 0.6 is 0 Å². The van der Waals surface area contributed by atoms with Gasteiger partial charge in [-0.25, -0.2) is 9.49 Å². The van der Waals surface area contributed by atoms with Gasteiger partial charge in [0, 0.05) is 107 Å². The van der Waals surface area contributed by atoms with Gasteiger partial charge in [0.05, 0.1) is 41.9 Å². The van der Waals surface area contributed by atoms with E-state index in [1.165, 1.54) is 51.0 Å². The number of aromatic amines is 2. The first kappa shape index (κ1) is 53.1. The second-order valence-corrected chi connectivity index (χ2v) is 22.1. The first-order valence-electron chi connectivity index (χ1n) is 28.1. The van der Waals surface area contributed by atoms with Crippen LogP contribution in [0.1, 0.15) is 123 Å². The Kier molecular flexibility index (Phi) is 17.3. The van der Waals surface area contributed by atoms with E-state index in [1.807, 2.05) is 40.1 Å². The molecule has 16 nitrogen and oxygen atoms in total. The Morgan fingerprint density at radius 1 is 0.645 bits per heavy atom. The number of hydrogen-bond donors (Lipinski definition) is 3. The van der Waals surface area contributed by atoms with Gasteiger partial charge in [0.25, 0.3) is 17.0 Å². The number of H-pyrrole nitrogens is 2. The summed E-state index contributed by atoms with van der Waals surface area (Å²) in [7, 11) is 0. The summed E-state index contributed by atoms with van der Waals surface area (Å²) < 4.78 is 21.4. The van der Waals surface area contributed by atoms with Crippen LogP contribution in [0.25, 0.3) is 21.5 Å². The SMILES string of the molecule is O=C(CC1CCCCC1)N1CCC(OC2CCN(CC(=O)N3CCN(C(=O)c4cc(Cc5n[nH]c(=O)c6ccccc56)ccc4F)CC3)CC2)CC1.O=C(CNC1CC1)N1CCCC(c2ccc3cc[nH]c(=O)c3c2)C1. The van der Waals surface area contributed by atoms with Gasteiger partial charge in [0.2, 0.25) is 17.7 Å². The fourth-order valence-electron chi connectivity index (χ4n) is 12.0. The van der Waals surface area contributed by atoms with Crippen molar-refractivity contribution in [2.45, 2.75) is 120 Å². The number of benzene rings is 3. The summed E-state index contributed by atoms with van der Waals surface area (Å²) >= 11 is 0. The number of hydrogen-bond acceptors (Lipinski definition) is 10. The minimum absolute atomic E-state index is 0.00945. The number of carbonyl (C=O) groups excluding carboxylic acids is 4. The lowest BCUT2D eigenvalue weighted by Crippen LogP contribution is -2.53. The lowest BCUT2D eigenvalue weighted by atomic mass is 9.86. The van der Waals surface area contributed by atoms with E-state index >= 15 is 0 Å². The van der Waals surface area contributed by atoms with Crippen LogP contribution < -0.4 is 16.4 Å². The molecule has 3 aromatic carbocycles. The van der Waals surface area contributed by atoms with Gasteiger partial charge in [0.15, 0.2) is 0 Å². The third-order valence-electron chi connectivity index (χ3n) is 16.8. The van der Waals surface area contributed by atoms with Crippen molar-refractivity contribution in [2.75, 3.05) is 78.5 Å². The number of rotatable bonds is 13. The van der Waals surface area contributed by atoms with Crippen molar-refractivity contribution >= 4 is 45.2 Å². The standard InChI is InChI=1S/C40H51FN6O5.C19H23N3O2/c41-35-11-10-29(25-36-32-8-4-5-9-33(32)39(50)43-42-36)24-34(35)40(51)47-22-20-46(21-23-47)38(49)27-44-16-12-30(13-17-44)52-31-14-18-45(19-15-31)37(48)26-28-6-2-1-3-7-28;23-18(11-21-16-5-6-16)22-9-1-2-15(12-22)14-4-3-13-7-8-20-19(24)17(13)10-14/h4-5,8-11,24,28,30-31H,1-3,6-7,12-23,25-27H2,(H,43,50);3-4,7-8,10,15-16,21H,1-2,5-6,9,11-12H2,(H,20,24). The van der Waals surface area contributed by atoms with Crippen molar-refractivity contribution in [3.63, 3.8) is 0 Å². The summed E-state index contributed by atoms with van der Waals surface area (Å²) in [6.07, 6.45) is 17.4. The Balaban J connectivity index is 0.000000227. The number of pyridine rings is 1. The van der Waals surface area contributed by atoms with E-state index < -0.39 is 11.7 Å². The molecule has 6 fully saturated rings. The fourth-order valence-corrected chi connectivity index (χ4v) is 12.0. The average molecular weight is 1040 g/mol. The van der Waals surface area contributed by atoms with Crippen LogP contribution in [0.5, 0.6) is 0 Å². The molecule has 1 unspecified atom stereocenters.